The van der Waals surface area contributed by atoms with Crippen molar-refractivity contribution >= 4 is 33.8 Å². The van der Waals surface area contributed by atoms with Gasteiger partial charge in [0.05, 0.1) is 31.7 Å². The lowest BCUT2D eigenvalue weighted by Gasteiger charge is -2.35. The van der Waals surface area contributed by atoms with Gasteiger partial charge in [-0.3, -0.25) is 0 Å². The summed E-state index contributed by atoms with van der Waals surface area (Å²) in [5, 5.41) is 4.59. The molecular weight excluding hydrogens is 491 g/mol. The first-order chi connectivity index (χ1) is 17.0. The van der Waals surface area contributed by atoms with Crippen molar-refractivity contribution in [2.45, 2.75) is 24.5 Å². The van der Waals surface area contributed by atoms with Crippen LogP contribution in [0.2, 0.25) is 5.15 Å². The van der Waals surface area contributed by atoms with Gasteiger partial charge in [0.1, 0.15) is 23.0 Å². The van der Waals surface area contributed by atoms with Crippen molar-refractivity contribution < 1.29 is 18.6 Å². The number of halogens is 2. The van der Waals surface area contributed by atoms with Gasteiger partial charge in [-0.2, -0.15) is 0 Å². The van der Waals surface area contributed by atoms with Gasteiger partial charge >= 0.3 is 0 Å². The molecule has 180 valence electrons. The zero-order valence-corrected chi connectivity index (χ0v) is 20.4. The molecule has 1 fully saturated rings. The monoisotopic (exact) mass is 512 g/mol. The number of aromatic nitrogens is 3. The Balaban J connectivity index is 1.32. The highest BCUT2D eigenvalue weighted by molar-refractivity contribution is 7.15. The maximum absolute atomic E-state index is 13.6. The Morgan fingerprint density at radius 3 is 2.71 bits per heavy atom. The molecular formula is C25H22ClFN4O3S. The summed E-state index contributed by atoms with van der Waals surface area (Å²) in [6, 6.07) is 12.4. The summed E-state index contributed by atoms with van der Waals surface area (Å²) in [6.45, 7) is 1.15. The smallest absolute Gasteiger partial charge is 0.187 e. The molecule has 4 aromatic rings. The van der Waals surface area contributed by atoms with E-state index in [1.807, 2.05) is 30.3 Å². The van der Waals surface area contributed by atoms with E-state index >= 15 is 0 Å². The zero-order chi connectivity index (χ0) is 24.0. The molecule has 1 atom stereocenters. The second kappa shape index (κ2) is 8.91. The highest BCUT2D eigenvalue weighted by Crippen LogP contribution is 2.47. The lowest BCUT2D eigenvalue weighted by atomic mass is 9.82. The third kappa shape index (κ3) is 4.29. The van der Waals surface area contributed by atoms with Crippen LogP contribution >= 0.6 is 22.9 Å². The molecule has 1 aliphatic carbocycles. The summed E-state index contributed by atoms with van der Waals surface area (Å²) in [7, 11) is 1.62. The maximum Gasteiger partial charge on any atom is 0.187 e. The van der Waals surface area contributed by atoms with Crippen molar-refractivity contribution in [2.75, 3.05) is 25.6 Å². The first-order valence-corrected chi connectivity index (χ1v) is 12.4. The normalized spacial score (nSPS) is 18.5. The molecule has 2 aliphatic rings. The predicted molar refractivity (Wildman–Crippen MR) is 132 cm³/mol. The third-order valence-corrected chi connectivity index (χ3v) is 7.53. The van der Waals surface area contributed by atoms with Crippen molar-refractivity contribution in [1.29, 1.82) is 0 Å². The van der Waals surface area contributed by atoms with E-state index in [0.29, 0.717) is 37.0 Å². The van der Waals surface area contributed by atoms with E-state index in [1.165, 1.54) is 12.1 Å². The van der Waals surface area contributed by atoms with E-state index in [2.05, 4.69) is 10.3 Å². The Morgan fingerprint density at radius 2 is 2.00 bits per heavy atom. The number of rotatable bonds is 5. The van der Waals surface area contributed by atoms with Gasteiger partial charge < -0.3 is 24.1 Å². The van der Waals surface area contributed by atoms with Gasteiger partial charge in [0.25, 0.3) is 0 Å². The van der Waals surface area contributed by atoms with E-state index in [4.69, 9.17) is 30.8 Å². The van der Waals surface area contributed by atoms with Gasteiger partial charge in [0.15, 0.2) is 10.9 Å². The largest absolute Gasteiger partial charge is 0.494 e. The number of hydrogen-bond donors (Lipinski definition) is 1. The lowest BCUT2D eigenvalue weighted by Crippen LogP contribution is -2.38. The van der Waals surface area contributed by atoms with Crippen molar-refractivity contribution in [3.63, 3.8) is 0 Å². The molecule has 2 aromatic carbocycles. The van der Waals surface area contributed by atoms with Gasteiger partial charge in [-0.15, -0.1) is 11.3 Å². The van der Waals surface area contributed by atoms with Crippen LogP contribution in [0.4, 0.5) is 15.2 Å². The second-order valence-electron chi connectivity index (χ2n) is 8.54. The molecule has 3 heterocycles. The lowest BCUT2D eigenvalue weighted by molar-refractivity contribution is -0.166. The number of thiazole rings is 1. The molecule has 0 saturated carbocycles. The van der Waals surface area contributed by atoms with Gasteiger partial charge in [-0.05, 0) is 29.8 Å². The van der Waals surface area contributed by atoms with Gasteiger partial charge in [-0.25, -0.2) is 14.4 Å². The SMILES string of the molecule is COc1cc(Nc2nc3c(s2)CC2(CC3c3ccc(F)cc3)OCCO2)ccc1-n1cnc(Cl)c1. The van der Waals surface area contributed by atoms with Crippen LogP contribution < -0.4 is 10.1 Å². The highest BCUT2D eigenvalue weighted by Gasteiger charge is 2.46. The molecule has 1 saturated heterocycles. The second-order valence-corrected chi connectivity index (χ2v) is 10.0. The Labute approximate surface area is 210 Å². The fourth-order valence-corrected chi connectivity index (χ4v) is 6.03. The summed E-state index contributed by atoms with van der Waals surface area (Å²) >= 11 is 7.55. The fourth-order valence-electron chi connectivity index (χ4n) is 4.75. The van der Waals surface area contributed by atoms with Crippen LogP contribution in [0.5, 0.6) is 5.75 Å². The number of ether oxygens (including phenoxy) is 3. The molecule has 1 spiro atoms. The van der Waals surface area contributed by atoms with Crippen LogP contribution in [0.3, 0.4) is 0 Å². The van der Waals surface area contributed by atoms with Crippen LogP contribution in [0, 0.1) is 5.82 Å². The number of fused-ring (bicyclic) bond motifs is 1. The Hall–Kier alpha value is -2.98. The molecule has 1 N–H and O–H groups in total. The molecule has 2 aromatic heterocycles. The van der Waals surface area contributed by atoms with Crippen molar-refractivity contribution in [3.8, 4) is 11.4 Å². The van der Waals surface area contributed by atoms with Crippen LogP contribution in [-0.2, 0) is 15.9 Å². The zero-order valence-electron chi connectivity index (χ0n) is 18.8. The minimum absolute atomic E-state index is 0.0489. The quantitative estimate of drug-likeness (QED) is 0.370. The minimum atomic E-state index is -0.660. The van der Waals surface area contributed by atoms with Crippen LogP contribution in [0.15, 0.2) is 55.0 Å². The molecule has 10 heteroatoms. The number of nitrogens with zero attached hydrogens (tertiary/aromatic N) is 3. The molecule has 35 heavy (non-hydrogen) atoms. The van der Waals surface area contributed by atoms with Gasteiger partial charge in [0, 0.05) is 41.6 Å². The van der Waals surface area contributed by atoms with Crippen LogP contribution in [-0.4, -0.2) is 40.6 Å². The summed E-state index contributed by atoms with van der Waals surface area (Å²) in [6.07, 6.45) is 4.65. The molecule has 0 radical (unpaired) electrons. The average Bonchev–Trinajstić information content (AvgIpc) is 3.59. The predicted octanol–water partition coefficient (Wildman–Crippen LogP) is 5.69. The van der Waals surface area contributed by atoms with E-state index < -0.39 is 5.79 Å². The van der Waals surface area contributed by atoms with Crippen molar-refractivity contribution in [1.82, 2.24) is 14.5 Å². The molecule has 6 rings (SSSR count). The van der Waals surface area contributed by atoms with Gasteiger partial charge in [0.2, 0.25) is 0 Å². The van der Waals surface area contributed by atoms with Gasteiger partial charge in [-0.1, -0.05) is 23.7 Å². The summed E-state index contributed by atoms with van der Waals surface area (Å²) < 4.78 is 33.1. The topological polar surface area (TPSA) is 70.4 Å². The van der Waals surface area contributed by atoms with Crippen LogP contribution in [0.1, 0.15) is 28.5 Å². The van der Waals surface area contributed by atoms with Crippen LogP contribution in [0.25, 0.3) is 5.69 Å². The summed E-state index contributed by atoms with van der Waals surface area (Å²) in [4.78, 5) is 10.1. The van der Waals surface area contributed by atoms with Crippen molar-refractivity contribution in [2.24, 2.45) is 0 Å². The summed E-state index contributed by atoms with van der Waals surface area (Å²) in [5.41, 5.74) is 3.63. The number of benzene rings is 2. The Kier molecular flexibility index (Phi) is 5.72. The number of anilines is 2. The minimum Gasteiger partial charge on any atom is -0.494 e. The Morgan fingerprint density at radius 1 is 1.20 bits per heavy atom. The Bertz CT molecular complexity index is 1370. The molecule has 7 nitrogen and oxygen atoms in total. The number of hydrogen-bond acceptors (Lipinski definition) is 7. The number of nitrogens with one attached hydrogen (secondary N) is 1. The molecule has 0 bridgehead atoms. The first-order valence-electron chi connectivity index (χ1n) is 11.2. The molecule has 0 amide bonds. The summed E-state index contributed by atoms with van der Waals surface area (Å²) in [5.74, 6) is -0.301. The maximum atomic E-state index is 13.6. The van der Waals surface area contributed by atoms with Crippen molar-refractivity contribution in [3.05, 3.63) is 82.1 Å². The van der Waals surface area contributed by atoms with E-state index in [-0.39, 0.29) is 11.7 Å². The standard InChI is InChI=1S/C25H22ClFN4O3S/c1-32-20-10-17(6-7-19(20)31-13-22(26)28-14-31)29-24-30-23-18(15-2-4-16(27)5-3-15)11-25(12-21(23)35-24)33-8-9-34-25/h2-7,10,13-14,18H,8-9,11-12H2,1H3,(H,29,30). The van der Waals surface area contributed by atoms with E-state index in [9.17, 15) is 4.39 Å². The number of methoxy groups -OCH3 is 1. The van der Waals surface area contributed by atoms with E-state index in [1.54, 1.807) is 35.5 Å². The molecule has 1 aliphatic heterocycles. The fraction of sp³-hybridized carbons (Fsp3) is 0.280. The first kappa shape index (κ1) is 22.5. The van der Waals surface area contributed by atoms with E-state index in [0.717, 1.165) is 32.6 Å². The average molecular weight is 513 g/mol. The third-order valence-electron chi connectivity index (χ3n) is 6.35. The highest BCUT2D eigenvalue weighted by atomic mass is 35.5. The number of imidazole rings is 1. The molecule has 1 unspecified atom stereocenters.